The average Bonchev–Trinajstić information content (AvgIpc) is 2.56. The van der Waals surface area contributed by atoms with Crippen molar-refractivity contribution < 1.29 is 0 Å². The summed E-state index contributed by atoms with van der Waals surface area (Å²) in [6, 6.07) is 1.93. The van der Waals surface area contributed by atoms with Gasteiger partial charge in [0.05, 0.1) is 5.69 Å². The van der Waals surface area contributed by atoms with Crippen LogP contribution >= 0.6 is 11.3 Å². The third kappa shape index (κ3) is 2.96. The molecular formula is C9H14N2S. The quantitative estimate of drug-likeness (QED) is 0.621. The number of hydrogen-bond acceptors (Lipinski definition) is 3. The van der Waals surface area contributed by atoms with Crippen molar-refractivity contribution in [2.45, 2.75) is 20.8 Å². The zero-order valence-electron chi connectivity index (χ0n) is 7.74. The largest absolute Gasteiger partial charge is 0.258 e. The van der Waals surface area contributed by atoms with E-state index in [4.69, 9.17) is 0 Å². The molecule has 0 aliphatic carbocycles. The lowest BCUT2D eigenvalue weighted by atomic mass is 10.5. The van der Waals surface area contributed by atoms with Gasteiger partial charge in [-0.3, -0.25) is 9.98 Å². The first-order valence-electron chi connectivity index (χ1n) is 3.91. The van der Waals surface area contributed by atoms with Crippen LogP contribution in [0.4, 0.5) is 10.7 Å². The monoisotopic (exact) mass is 182 g/mol. The van der Waals surface area contributed by atoms with Gasteiger partial charge in [-0.15, -0.1) is 11.3 Å². The summed E-state index contributed by atoms with van der Waals surface area (Å²) in [4.78, 5) is 7.89. The van der Waals surface area contributed by atoms with E-state index < -0.39 is 0 Å². The molecule has 1 heterocycles. The molecule has 0 amide bonds. The van der Waals surface area contributed by atoms with E-state index in [1.54, 1.807) is 17.6 Å². The molecule has 0 spiro atoms. The van der Waals surface area contributed by atoms with Crippen LogP contribution in [0.25, 0.3) is 0 Å². The molecule has 0 radical (unpaired) electrons. The molecule has 0 saturated carbocycles. The highest BCUT2D eigenvalue weighted by Crippen LogP contribution is 2.32. The first kappa shape index (κ1) is 11.0. The summed E-state index contributed by atoms with van der Waals surface area (Å²) < 4.78 is 0. The van der Waals surface area contributed by atoms with Crippen molar-refractivity contribution in [3.05, 3.63) is 11.4 Å². The molecule has 0 atom stereocenters. The smallest absolute Gasteiger partial charge is 0.140 e. The van der Waals surface area contributed by atoms with Crippen molar-refractivity contribution in [2.75, 3.05) is 0 Å². The van der Waals surface area contributed by atoms with Crippen LogP contribution in [-0.2, 0) is 0 Å². The maximum atomic E-state index is 4.09. The van der Waals surface area contributed by atoms with Gasteiger partial charge in [-0.2, -0.15) is 0 Å². The van der Waals surface area contributed by atoms with Crippen LogP contribution < -0.4 is 0 Å². The fourth-order valence-corrected chi connectivity index (χ4v) is 1.29. The molecule has 1 aromatic heterocycles. The van der Waals surface area contributed by atoms with Gasteiger partial charge in [0, 0.05) is 6.21 Å². The Kier molecular flexibility index (Phi) is 6.19. The fourth-order valence-electron chi connectivity index (χ4n) is 0.650. The summed E-state index contributed by atoms with van der Waals surface area (Å²) in [5.41, 5.74) is 0.905. The second-order valence-electron chi connectivity index (χ2n) is 1.66. The van der Waals surface area contributed by atoms with E-state index in [1.807, 2.05) is 32.2 Å². The van der Waals surface area contributed by atoms with Crippen LogP contribution in [0, 0.1) is 0 Å². The Morgan fingerprint density at radius 3 is 2.67 bits per heavy atom. The fraction of sp³-hybridized carbons (Fsp3) is 0.333. The van der Waals surface area contributed by atoms with Gasteiger partial charge >= 0.3 is 0 Å². The molecule has 12 heavy (non-hydrogen) atoms. The Morgan fingerprint density at radius 2 is 2.17 bits per heavy atom. The van der Waals surface area contributed by atoms with Crippen LogP contribution in [0.5, 0.6) is 0 Å². The van der Waals surface area contributed by atoms with Crippen molar-refractivity contribution in [2.24, 2.45) is 9.98 Å². The maximum absolute atomic E-state index is 4.09. The third-order valence-corrected chi connectivity index (χ3v) is 1.87. The second-order valence-corrected chi connectivity index (χ2v) is 2.55. The topological polar surface area (TPSA) is 24.7 Å². The summed E-state index contributed by atoms with van der Waals surface area (Å²) in [5.74, 6) is 0. The molecule has 0 unspecified atom stereocenters. The summed E-state index contributed by atoms with van der Waals surface area (Å²) >= 11 is 1.55. The van der Waals surface area contributed by atoms with E-state index in [2.05, 4.69) is 16.7 Å². The molecule has 0 N–H and O–H groups in total. The molecule has 0 aromatic carbocycles. The van der Waals surface area contributed by atoms with Crippen molar-refractivity contribution >= 4 is 35.0 Å². The van der Waals surface area contributed by atoms with Gasteiger partial charge in [0.15, 0.2) is 0 Å². The van der Waals surface area contributed by atoms with E-state index in [0.29, 0.717) is 0 Å². The number of nitrogens with zero attached hydrogens (tertiary/aromatic N) is 2. The molecule has 66 valence electrons. The molecule has 3 heteroatoms. The molecular weight excluding hydrogens is 168 g/mol. The Morgan fingerprint density at radius 1 is 1.50 bits per heavy atom. The predicted molar refractivity (Wildman–Crippen MR) is 58.7 cm³/mol. The van der Waals surface area contributed by atoms with Crippen molar-refractivity contribution in [1.29, 1.82) is 0 Å². The highest BCUT2D eigenvalue weighted by atomic mass is 32.1. The Hall–Kier alpha value is -0.960. The van der Waals surface area contributed by atoms with Gasteiger partial charge in [0.1, 0.15) is 5.00 Å². The summed E-state index contributed by atoms with van der Waals surface area (Å²) in [6.07, 6.45) is 1.75. The normalized spacial score (nSPS) is 9.25. The van der Waals surface area contributed by atoms with Crippen LogP contribution in [0.15, 0.2) is 21.4 Å². The summed E-state index contributed by atoms with van der Waals surface area (Å²) in [5, 5.41) is 2.84. The van der Waals surface area contributed by atoms with Gasteiger partial charge in [-0.1, -0.05) is 13.8 Å². The minimum atomic E-state index is 0.887. The highest BCUT2D eigenvalue weighted by molar-refractivity contribution is 7.14. The number of rotatable bonds is 2. The molecule has 0 aliphatic rings. The average molecular weight is 182 g/mol. The molecule has 0 bridgehead atoms. The number of thiophene rings is 1. The molecule has 0 fully saturated rings. The first-order chi connectivity index (χ1) is 5.88. The van der Waals surface area contributed by atoms with Gasteiger partial charge in [-0.05, 0) is 25.1 Å². The van der Waals surface area contributed by atoms with Crippen LogP contribution in [0.2, 0.25) is 0 Å². The van der Waals surface area contributed by atoms with Crippen molar-refractivity contribution in [1.82, 2.24) is 0 Å². The molecule has 2 nitrogen and oxygen atoms in total. The van der Waals surface area contributed by atoms with Crippen LogP contribution in [0.1, 0.15) is 20.8 Å². The van der Waals surface area contributed by atoms with E-state index in [9.17, 15) is 0 Å². The maximum Gasteiger partial charge on any atom is 0.140 e. The highest BCUT2D eigenvalue weighted by Gasteiger charge is 1.96. The van der Waals surface area contributed by atoms with E-state index in [-0.39, 0.29) is 0 Å². The van der Waals surface area contributed by atoms with Gasteiger partial charge in [0.2, 0.25) is 0 Å². The zero-order chi connectivity index (χ0) is 9.40. The van der Waals surface area contributed by atoms with Gasteiger partial charge in [-0.25, -0.2) is 0 Å². The van der Waals surface area contributed by atoms with E-state index >= 15 is 0 Å². The van der Waals surface area contributed by atoms with Crippen molar-refractivity contribution in [3.8, 4) is 0 Å². The number of aliphatic imine (C=N–C) groups is 2. The predicted octanol–water partition coefficient (Wildman–Crippen LogP) is 3.83. The first-order valence-corrected chi connectivity index (χ1v) is 4.79. The van der Waals surface area contributed by atoms with Gasteiger partial charge in [0.25, 0.3) is 0 Å². The minimum Gasteiger partial charge on any atom is -0.258 e. The molecule has 0 saturated heterocycles. The standard InChI is InChI=1S/C7H8N2S.C2H6/c1-3-9-6-4-5-10-7(6)8-2;1-2/h3-5H,2H2,1H3;1-2H3. The lowest BCUT2D eigenvalue weighted by Crippen LogP contribution is -1.57. The van der Waals surface area contributed by atoms with E-state index in [0.717, 1.165) is 10.7 Å². The van der Waals surface area contributed by atoms with E-state index in [1.165, 1.54) is 0 Å². The van der Waals surface area contributed by atoms with Crippen LogP contribution in [-0.4, -0.2) is 12.9 Å². The zero-order valence-corrected chi connectivity index (χ0v) is 8.56. The SMILES string of the molecule is C=Nc1sccc1N=CC.CC. The molecule has 1 aromatic rings. The third-order valence-electron chi connectivity index (χ3n) is 1.04. The van der Waals surface area contributed by atoms with Crippen molar-refractivity contribution in [3.63, 3.8) is 0 Å². The lowest BCUT2D eigenvalue weighted by Gasteiger charge is -1.86. The summed E-state index contributed by atoms with van der Waals surface area (Å²) in [6.45, 7) is 9.31. The summed E-state index contributed by atoms with van der Waals surface area (Å²) in [7, 11) is 0. The molecule has 0 aliphatic heterocycles. The van der Waals surface area contributed by atoms with Crippen LogP contribution in [0.3, 0.4) is 0 Å². The lowest BCUT2D eigenvalue weighted by molar-refractivity contribution is 1.50. The number of hydrogen-bond donors (Lipinski definition) is 0. The Balaban J connectivity index is 0.000000561. The second kappa shape index (κ2) is 6.73. The molecule has 1 rings (SSSR count). The Bertz CT molecular complexity index is 251. The minimum absolute atomic E-state index is 0.887. The van der Waals surface area contributed by atoms with Gasteiger partial charge < -0.3 is 0 Å². The Labute approximate surface area is 77.7 Å².